The van der Waals surface area contributed by atoms with Gasteiger partial charge in [0.15, 0.2) is 0 Å². The number of aromatic hydroxyl groups is 1. The van der Waals surface area contributed by atoms with Crippen LogP contribution in [0.2, 0.25) is 0 Å². The van der Waals surface area contributed by atoms with Crippen LogP contribution in [0.25, 0.3) is 11.1 Å². The minimum absolute atomic E-state index is 0.129. The van der Waals surface area contributed by atoms with Gasteiger partial charge in [-0.3, -0.25) is 4.79 Å². The number of nitrogens with zero attached hydrogens (tertiary/aromatic N) is 1. The Balaban J connectivity index is 1.42. The molecule has 0 heterocycles. The van der Waals surface area contributed by atoms with Crippen LogP contribution in [0.15, 0.2) is 77.9 Å². The Morgan fingerprint density at radius 1 is 0.963 bits per heavy atom. The number of hydrazone groups is 1. The molecule has 0 aliphatic heterocycles. The summed E-state index contributed by atoms with van der Waals surface area (Å²) in [6.45, 7) is 0. The maximum absolute atomic E-state index is 12.2. The number of carbonyl (C=O) groups excluding carboxylic acids is 1. The Kier molecular flexibility index (Phi) is 4.94. The Hall–Kier alpha value is -3.05. The van der Waals surface area contributed by atoms with Gasteiger partial charge in [0.05, 0.1) is 17.2 Å². The molecule has 3 aromatic rings. The van der Waals surface area contributed by atoms with Gasteiger partial charge in [-0.05, 0) is 34.4 Å². The molecule has 1 aliphatic rings. The van der Waals surface area contributed by atoms with Crippen molar-refractivity contribution in [3.05, 3.63) is 89.5 Å². The zero-order chi connectivity index (χ0) is 18.6. The summed E-state index contributed by atoms with van der Waals surface area (Å²) in [5.41, 5.74) is 8.06. The second-order valence-electron chi connectivity index (χ2n) is 6.22. The van der Waals surface area contributed by atoms with Gasteiger partial charge in [0.25, 0.3) is 0 Å². The maximum Gasteiger partial charge on any atom is 0.250 e. The van der Waals surface area contributed by atoms with E-state index in [0.29, 0.717) is 11.3 Å². The number of hydrogen-bond acceptors (Lipinski definition) is 4. The minimum atomic E-state index is -0.173. The number of carbonyl (C=O) groups is 1. The number of fused-ring (bicyclic) bond motifs is 3. The Labute approximate surface area is 161 Å². The molecule has 0 aromatic heterocycles. The van der Waals surface area contributed by atoms with Crippen LogP contribution in [0, 0.1) is 0 Å². The van der Waals surface area contributed by atoms with Crippen molar-refractivity contribution < 1.29 is 9.90 Å². The van der Waals surface area contributed by atoms with E-state index >= 15 is 0 Å². The van der Waals surface area contributed by atoms with Crippen molar-refractivity contribution in [3.8, 4) is 16.9 Å². The highest BCUT2D eigenvalue weighted by Crippen LogP contribution is 2.49. The fraction of sp³-hybridized carbons (Fsp3) is 0.0909. The first-order valence-corrected chi connectivity index (χ1v) is 9.68. The molecule has 1 amide bonds. The summed E-state index contributed by atoms with van der Waals surface area (Å²) in [5, 5.41) is 13.8. The zero-order valence-corrected chi connectivity index (χ0v) is 15.3. The monoisotopic (exact) mass is 374 g/mol. The second kappa shape index (κ2) is 7.68. The first-order chi connectivity index (χ1) is 13.2. The van der Waals surface area contributed by atoms with Crippen LogP contribution < -0.4 is 5.43 Å². The normalized spacial score (nSPS) is 12.7. The molecule has 0 unspecified atom stereocenters. The standard InChI is InChI=1S/C22H18N2O2S/c25-20-12-6-1-7-15(20)13-23-24-21(26)14-27-22-18-10-4-2-8-16(18)17-9-3-5-11-19(17)22/h1-13,22,25H,14H2,(H,24,26)/b23-13+. The van der Waals surface area contributed by atoms with Crippen LogP contribution in [0.4, 0.5) is 0 Å². The average molecular weight is 374 g/mol. The van der Waals surface area contributed by atoms with E-state index in [0.717, 1.165) is 0 Å². The van der Waals surface area contributed by atoms with E-state index in [-0.39, 0.29) is 16.9 Å². The fourth-order valence-electron chi connectivity index (χ4n) is 3.25. The molecule has 0 saturated heterocycles. The fourth-order valence-corrected chi connectivity index (χ4v) is 4.40. The number of benzene rings is 3. The maximum atomic E-state index is 12.2. The van der Waals surface area contributed by atoms with Gasteiger partial charge >= 0.3 is 0 Å². The smallest absolute Gasteiger partial charge is 0.250 e. The second-order valence-corrected chi connectivity index (χ2v) is 7.31. The lowest BCUT2D eigenvalue weighted by Gasteiger charge is -2.12. The summed E-state index contributed by atoms with van der Waals surface area (Å²) in [6.07, 6.45) is 1.44. The molecule has 3 aromatic carbocycles. The van der Waals surface area contributed by atoms with Gasteiger partial charge in [-0.15, -0.1) is 11.8 Å². The minimum Gasteiger partial charge on any atom is -0.507 e. The van der Waals surface area contributed by atoms with E-state index in [9.17, 15) is 9.90 Å². The summed E-state index contributed by atoms with van der Waals surface area (Å²) >= 11 is 1.59. The quantitative estimate of drug-likeness (QED) is 0.516. The van der Waals surface area contributed by atoms with Crippen molar-refractivity contribution in [1.82, 2.24) is 5.43 Å². The molecule has 27 heavy (non-hydrogen) atoms. The lowest BCUT2D eigenvalue weighted by atomic mass is 10.1. The van der Waals surface area contributed by atoms with E-state index in [2.05, 4.69) is 34.8 Å². The third kappa shape index (κ3) is 3.59. The van der Waals surface area contributed by atoms with Crippen LogP contribution in [-0.2, 0) is 4.79 Å². The summed E-state index contributed by atoms with van der Waals surface area (Å²) < 4.78 is 0. The summed E-state index contributed by atoms with van der Waals surface area (Å²) in [4.78, 5) is 12.2. The van der Waals surface area contributed by atoms with Gasteiger partial charge in [0.1, 0.15) is 5.75 Å². The molecule has 134 valence electrons. The Bertz CT molecular complexity index is 971. The predicted octanol–water partition coefficient (Wildman–Crippen LogP) is 4.35. The summed E-state index contributed by atoms with van der Waals surface area (Å²) in [7, 11) is 0. The molecule has 0 atom stereocenters. The van der Waals surface area contributed by atoms with Crippen LogP contribution in [0.3, 0.4) is 0 Å². The van der Waals surface area contributed by atoms with E-state index in [1.54, 1.807) is 36.0 Å². The lowest BCUT2D eigenvalue weighted by molar-refractivity contribution is -0.118. The molecule has 2 N–H and O–H groups in total. The average Bonchev–Trinajstić information content (AvgIpc) is 3.02. The predicted molar refractivity (Wildman–Crippen MR) is 110 cm³/mol. The number of phenolic OH excluding ortho intramolecular Hbond substituents is 1. The van der Waals surface area contributed by atoms with Gasteiger partial charge in [-0.1, -0.05) is 60.7 Å². The van der Waals surface area contributed by atoms with Gasteiger partial charge in [0, 0.05) is 5.56 Å². The van der Waals surface area contributed by atoms with E-state index < -0.39 is 0 Å². The third-order valence-electron chi connectivity index (χ3n) is 4.49. The highest BCUT2D eigenvalue weighted by molar-refractivity contribution is 8.00. The molecule has 1 aliphatic carbocycles. The van der Waals surface area contributed by atoms with Crippen molar-refractivity contribution in [2.75, 3.05) is 5.75 Å². The van der Waals surface area contributed by atoms with Crippen LogP contribution >= 0.6 is 11.8 Å². The van der Waals surface area contributed by atoms with Crippen LogP contribution in [0.5, 0.6) is 5.75 Å². The molecule has 4 rings (SSSR count). The van der Waals surface area contributed by atoms with Crippen LogP contribution in [-0.4, -0.2) is 23.0 Å². The summed E-state index contributed by atoms with van der Waals surface area (Å²) in [6, 6.07) is 23.5. The molecular weight excluding hydrogens is 356 g/mol. The molecule has 0 bridgehead atoms. The number of amides is 1. The molecular formula is C22H18N2O2S. The number of phenols is 1. The van der Waals surface area contributed by atoms with E-state index in [1.165, 1.54) is 28.5 Å². The van der Waals surface area contributed by atoms with Crippen molar-refractivity contribution in [2.24, 2.45) is 5.10 Å². The molecule has 0 radical (unpaired) electrons. The van der Waals surface area contributed by atoms with Gasteiger partial charge in [-0.2, -0.15) is 5.10 Å². The topological polar surface area (TPSA) is 61.7 Å². The van der Waals surface area contributed by atoms with Crippen LogP contribution in [0.1, 0.15) is 21.9 Å². The number of rotatable bonds is 5. The molecule has 0 spiro atoms. The zero-order valence-electron chi connectivity index (χ0n) is 14.5. The Morgan fingerprint density at radius 2 is 1.56 bits per heavy atom. The SMILES string of the molecule is O=C(CSC1c2ccccc2-c2ccccc21)N/N=C/c1ccccc1O. The highest BCUT2D eigenvalue weighted by Gasteiger charge is 2.28. The van der Waals surface area contributed by atoms with Gasteiger partial charge in [-0.25, -0.2) is 5.43 Å². The number of hydrogen-bond donors (Lipinski definition) is 2. The first-order valence-electron chi connectivity index (χ1n) is 8.64. The highest BCUT2D eigenvalue weighted by atomic mass is 32.2. The van der Waals surface area contributed by atoms with E-state index in [1.807, 2.05) is 24.3 Å². The largest absolute Gasteiger partial charge is 0.507 e. The Morgan fingerprint density at radius 3 is 2.22 bits per heavy atom. The van der Waals surface area contributed by atoms with Crippen molar-refractivity contribution >= 4 is 23.9 Å². The third-order valence-corrected chi connectivity index (χ3v) is 5.76. The molecule has 4 nitrogen and oxygen atoms in total. The van der Waals surface area contributed by atoms with Crippen molar-refractivity contribution in [1.29, 1.82) is 0 Å². The van der Waals surface area contributed by atoms with E-state index in [4.69, 9.17) is 0 Å². The van der Waals surface area contributed by atoms with Gasteiger partial charge in [0.2, 0.25) is 5.91 Å². The molecule has 0 saturated carbocycles. The molecule has 0 fully saturated rings. The lowest BCUT2D eigenvalue weighted by Crippen LogP contribution is -2.20. The number of para-hydroxylation sites is 1. The van der Waals surface area contributed by atoms with Crippen molar-refractivity contribution in [3.63, 3.8) is 0 Å². The number of nitrogens with one attached hydrogen (secondary N) is 1. The first kappa shape index (κ1) is 17.4. The number of thioether (sulfide) groups is 1. The molecule has 5 heteroatoms. The summed E-state index contributed by atoms with van der Waals surface area (Å²) in [5.74, 6) is 0.253. The van der Waals surface area contributed by atoms with Crippen molar-refractivity contribution in [2.45, 2.75) is 5.25 Å². The van der Waals surface area contributed by atoms with Gasteiger partial charge < -0.3 is 5.11 Å².